The van der Waals surface area contributed by atoms with E-state index in [0.717, 1.165) is 18.5 Å². The third-order valence-electron chi connectivity index (χ3n) is 2.87. The second kappa shape index (κ2) is 5.03. The minimum absolute atomic E-state index is 0.477. The molecule has 0 bridgehead atoms. The highest BCUT2D eigenvalue weighted by Crippen LogP contribution is 2.27. The number of carboxylic acids is 1. The normalized spacial score (nSPS) is 20.1. The molecule has 0 aliphatic heterocycles. The minimum atomic E-state index is -0.818. The Balaban J connectivity index is 2.36. The average Bonchev–Trinajstić information content (AvgIpc) is 2.19. The molecule has 2 N–H and O–H groups in total. The Morgan fingerprint density at radius 3 is 2.50 bits per heavy atom. The van der Waals surface area contributed by atoms with Gasteiger partial charge in [0.15, 0.2) is 0 Å². The van der Waals surface area contributed by atoms with Gasteiger partial charge in [0.25, 0.3) is 0 Å². The van der Waals surface area contributed by atoms with E-state index in [2.05, 4.69) is 11.9 Å². The zero-order valence-electron chi connectivity index (χ0n) is 8.75. The molecule has 1 rings (SSSR count). The number of rotatable bonds is 4. The molecule has 1 unspecified atom stereocenters. The van der Waals surface area contributed by atoms with Crippen LogP contribution < -0.4 is 5.32 Å². The molecule has 0 aromatic heterocycles. The van der Waals surface area contributed by atoms with Crippen LogP contribution in [0.4, 0.5) is 0 Å². The molecule has 1 aliphatic rings. The number of allylic oxidation sites excluding steroid dienone is 1. The standard InChI is InChI=1S/C11H19NO2/c1-8(12-9(2)11(13)14)10-6-4-3-5-7-10/h9-10,12H,1,3-7H2,2H3,(H,13,14). The van der Waals surface area contributed by atoms with Crippen LogP contribution in [0, 0.1) is 5.92 Å². The molecular weight excluding hydrogens is 178 g/mol. The maximum atomic E-state index is 10.6. The molecule has 0 amide bonds. The van der Waals surface area contributed by atoms with Gasteiger partial charge in [0.05, 0.1) is 0 Å². The molecule has 1 aliphatic carbocycles. The van der Waals surface area contributed by atoms with Crippen LogP contribution in [-0.2, 0) is 4.79 Å². The van der Waals surface area contributed by atoms with E-state index in [9.17, 15) is 4.79 Å². The van der Waals surface area contributed by atoms with E-state index < -0.39 is 12.0 Å². The van der Waals surface area contributed by atoms with Gasteiger partial charge in [-0.25, -0.2) is 0 Å². The third kappa shape index (κ3) is 3.05. The zero-order valence-corrected chi connectivity index (χ0v) is 8.75. The Hall–Kier alpha value is -0.990. The fraction of sp³-hybridized carbons (Fsp3) is 0.727. The van der Waals surface area contributed by atoms with Crippen LogP contribution in [0.25, 0.3) is 0 Å². The summed E-state index contributed by atoms with van der Waals surface area (Å²) >= 11 is 0. The van der Waals surface area contributed by atoms with Gasteiger partial charge in [-0.15, -0.1) is 0 Å². The van der Waals surface area contributed by atoms with Gasteiger partial charge < -0.3 is 10.4 Å². The van der Waals surface area contributed by atoms with Crippen LogP contribution in [0.3, 0.4) is 0 Å². The van der Waals surface area contributed by atoms with Crippen molar-refractivity contribution in [2.45, 2.75) is 45.1 Å². The molecule has 0 radical (unpaired) electrons. The summed E-state index contributed by atoms with van der Waals surface area (Å²) in [6.07, 6.45) is 6.09. The molecule has 0 saturated heterocycles. The predicted molar refractivity (Wildman–Crippen MR) is 55.9 cm³/mol. The highest BCUT2D eigenvalue weighted by Gasteiger charge is 2.19. The first-order valence-electron chi connectivity index (χ1n) is 5.29. The lowest BCUT2D eigenvalue weighted by molar-refractivity contribution is -0.138. The first-order chi connectivity index (χ1) is 6.61. The lowest BCUT2D eigenvalue weighted by Gasteiger charge is -2.25. The van der Waals surface area contributed by atoms with Crippen molar-refractivity contribution >= 4 is 5.97 Å². The van der Waals surface area contributed by atoms with Crippen molar-refractivity contribution < 1.29 is 9.90 Å². The fourth-order valence-electron chi connectivity index (χ4n) is 1.91. The number of hydrogen-bond acceptors (Lipinski definition) is 2. The van der Waals surface area contributed by atoms with Crippen molar-refractivity contribution in [2.24, 2.45) is 5.92 Å². The largest absolute Gasteiger partial charge is 0.480 e. The van der Waals surface area contributed by atoms with Crippen LogP contribution >= 0.6 is 0 Å². The Labute approximate surface area is 85.2 Å². The van der Waals surface area contributed by atoms with Crippen LogP contribution in [0.2, 0.25) is 0 Å². The van der Waals surface area contributed by atoms with Crippen molar-refractivity contribution in [1.29, 1.82) is 0 Å². The van der Waals surface area contributed by atoms with Crippen molar-refractivity contribution in [1.82, 2.24) is 5.32 Å². The van der Waals surface area contributed by atoms with Gasteiger partial charge in [-0.05, 0) is 25.7 Å². The second-order valence-corrected chi connectivity index (χ2v) is 4.06. The highest BCUT2D eigenvalue weighted by molar-refractivity contribution is 5.73. The molecular formula is C11H19NO2. The summed E-state index contributed by atoms with van der Waals surface area (Å²) in [5.74, 6) is -0.340. The Kier molecular flexibility index (Phi) is 3.98. The number of aliphatic carboxylic acids is 1. The van der Waals surface area contributed by atoms with E-state index >= 15 is 0 Å². The van der Waals surface area contributed by atoms with Crippen LogP contribution in [0.5, 0.6) is 0 Å². The third-order valence-corrected chi connectivity index (χ3v) is 2.87. The van der Waals surface area contributed by atoms with Gasteiger partial charge in [0, 0.05) is 5.70 Å². The van der Waals surface area contributed by atoms with Crippen molar-refractivity contribution in [3.63, 3.8) is 0 Å². The van der Waals surface area contributed by atoms with Crippen molar-refractivity contribution in [2.75, 3.05) is 0 Å². The highest BCUT2D eigenvalue weighted by atomic mass is 16.4. The molecule has 14 heavy (non-hydrogen) atoms. The molecule has 3 heteroatoms. The molecule has 1 atom stereocenters. The van der Waals surface area contributed by atoms with Crippen LogP contribution in [0.15, 0.2) is 12.3 Å². The summed E-state index contributed by atoms with van der Waals surface area (Å²) in [5, 5.41) is 11.7. The quantitative estimate of drug-likeness (QED) is 0.726. The lowest BCUT2D eigenvalue weighted by Crippen LogP contribution is -2.35. The summed E-state index contributed by atoms with van der Waals surface area (Å²) in [7, 11) is 0. The molecule has 0 aromatic carbocycles. The maximum absolute atomic E-state index is 10.6. The Morgan fingerprint density at radius 1 is 1.43 bits per heavy atom. The molecule has 3 nitrogen and oxygen atoms in total. The van der Waals surface area contributed by atoms with Gasteiger partial charge >= 0.3 is 5.97 Å². The van der Waals surface area contributed by atoms with E-state index in [4.69, 9.17) is 5.11 Å². The fourth-order valence-corrected chi connectivity index (χ4v) is 1.91. The minimum Gasteiger partial charge on any atom is -0.480 e. The van der Waals surface area contributed by atoms with E-state index in [1.54, 1.807) is 6.92 Å². The summed E-state index contributed by atoms with van der Waals surface area (Å²) in [6.45, 7) is 5.58. The summed E-state index contributed by atoms with van der Waals surface area (Å²) in [6, 6.07) is -0.524. The van der Waals surface area contributed by atoms with Crippen LogP contribution in [-0.4, -0.2) is 17.1 Å². The van der Waals surface area contributed by atoms with Crippen molar-refractivity contribution in [3.05, 3.63) is 12.3 Å². The molecule has 0 heterocycles. The second-order valence-electron chi connectivity index (χ2n) is 4.06. The lowest BCUT2D eigenvalue weighted by atomic mass is 9.87. The van der Waals surface area contributed by atoms with Gasteiger partial charge in [0.1, 0.15) is 6.04 Å². The zero-order chi connectivity index (χ0) is 10.6. The Bertz CT molecular complexity index is 219. The molecule has 80 valence electrons. The van der Waals surface area contributed by atoms with Gasteiger partial charge in [-0.1, -0.05) is 25.8 Å². The molecule has 0 aromatic rings. The number of hydrogen-bond donors (Lipinski definition) is 2. The topological polar surface area (TPSA) is 49.3 Å². The van der Waals surface area contributed by atoms with Crippen LogP contribution in [0.1, 0.15) is 39.0 Å². The van der Waals surface area contributed by atoms with E-state index in [-0.39, 0.29) is 0 Å². The van der Waals surface area contributed by atoms with Gasteiger partial charge in [-0.2, -0.15) is 0 Å². The monoisotopic (exact) mass is 197 g/mol. The number of carbonyl (C=O) groups is 1. The first-order valence-corrected chi connectivity index (χ1v) is 5.29. The predicted octanol–water partition coefficient (Wildman–Crippen LogP) is 2.14. The molecule has 1 saturated carbocycles. The summed E-state index contributed by atoms with van der Waals surface area (Å²) in [4.78, 5) is 10.6. The van der Waals surface area contributed by atoms with E-state index in [0.29, 0.717) is 5.92 Å². The SMILES string of the molecule is C=C(NC(C)C(=O)O)C1CCCCC1. The van der Waals surface area contributed by atoms with Crippen molar-refractivity contribution in [3.8, 4) is 0 Å². The molecule has 0 spiro atoms. The number of carboxylic acid groups (broad SMARTS) is 1. The van der Waals surface area contributed by atoms with Gasteiger partial charge in [-0.3, -0.25) is 4.79 Å². The van der Waals surface area contributed by atoms with E-state index in [1.165, 1.54) is 19.3 Å². The summed E-state index contributed by atoms with van der Waals surface area (Å²) in [5.41, 5.74) is 0.902. The first kappa shape index (κ1) is 11.1. The van der Waals surface area contributed by atoms with E-state index in [1.807, 2.05) is 0 Å². The summed E-state index contributed by atoms with van der Waals surface area (Å²) < 4.78 is 0. The number of nitrogens with one attached hydrogen (secondary N) is 1. The molecule has 1 fully saturated rings. The Morgan fingerprint density at radius 2 is 2.00 bits per heavy atom. The van der Waals surface area contributed by atoms with Gasteiger partial charge in [0.2, 0.25) is 0 Å². The average molecular weight is 197 g/mol. The smallest absolute Gasteiger partial charge is 0.325 e. The maximum Gasteiger partial charge on any atom is 0.325 e.